The van der Waals surface area contributed by atoms with Crippen molar-refractivity contribution < 1.29 is 13.2 Å². The molecular formula is C20H26N2O3S. The number of rotatable bonds is 7. The SMILES string of the molecule is CC[C@@H](C(=O)NCc1ccccc1C)N(c1cccc(C)c1)S(C)(=O)=O. The molecule has 0 spiro atoms. The van der Waals surface area contributed by atoms with Gasteiger partial charge in [0.15, 0.2) is 0 Å². The van der Waals surface area contributed by atoms with Crippen molar-refractivity contribution >= 4 is 21.6 Å². The summed E-state index contributed by atoms with van der Waals surface area (Å²) in [6.07, 6.45) is 1.51. The van der Waals surface area contributed by atoms with Gasteiger partial charge in [-0.15, -0.1) is 0 Å². The Labute approximate surface area is 156 Å². The van der Waals surface area contributed by atoms with Crippen molar-refractivity contribution in [3.8, 4) is 0 Å². The second kappa shape index (κ2) is 8.36. The van der Waals surface area contributed by atoms with Crippen LogP contribution in [0.15, 0.2) is 48.5 Å². The lowest BCUT2D eigenvalue weighted by molar-refractivity contribution is -0.122. The molecule has 0 saturated heterocycles. The number of carbonyl (C=O) groups is 1. The third kappa shape index (κ3) is 4.85. The van der Waals surface area contributed by atoms with E-state index in [2.05, 4.69) is 5.32 Å². The Morgan fingerprint density at radius 2 is 1.81 bits per heavy atom. The fraction of sp³-hybridized carbons (Fsp3) is 0.350. The lowest BCUT2D eigenvalue weighted by atomic mass is 10.1. The third-order valence-electron chi connectivity index (χ3n) is 4.30. The summed E-state index contributed by atoms with van der Waals surface area (Å²) in [6.45, 7) is 6.05. The number of carbonyl (C=O) groups excluding carboxylic acids is 1. The summed E-state index contributed by atoms with van der Waals surface area (Å²) in [5.41, 5.74) is 3.54. The maximum Gasteiger partial charge on any atom is 0.244 e. The lowest BCUT2D eigenvalue weighted by Crippen LogP contribution is -2.49. The first-order chi connectivity index (χ1) is 12.2. The molecule has 1 N–H and O–H groups in total. The van der Waals surface area contributed by atoms with Crippen LogP contribution >= 0.6 is 0 Å². The summed E-state index contributed by atoms with van der Waals surface area (Å²) in [4.78, 5) is 12.8. The quantitative estimate of drug-likeness (QED) is 0.809. The first-order valence-electron chi connectivity index (χ1n) is 8.62. The average molecular weight is 375 g/mol. The van der Waals surface area contributed by atoms with Crippen molar-refractivity contribution in [1.82, 2.24) is 5.32 Å². The van der Waals surface area contributed by atoms with Crippen LogP contribution in [-0.2, 0) is 21.4 Å². The Balaban J connectivity index is 2.27. The predicted octanol–water partition coefficient (Wildman–Crippen LogP) is 3.16. The molecule has 0 saturated carbocycles. The largest absolute Gasteiger partial charge is 0.350 e. The molecule has 0 aliphatic rings. The van der Waals surface area contributed by atoms with E-state index in [0.717, 1.165) is 22.9 Å². The maximum atomic E-state index is 12.8. The number of hydrogen-bond acceptors (Lipinski definition) is 3. The fourth-order valence-corrected chi connectivity index (χ4v) is 4.14. The van der Waals surface area contributed by atoms with E-state index in [0.29, 0.717) is 18.7 Å². The second-order valence-electron chi connectivity index (χ2n) is 6.47. The zero-order valence-corrected chi connectivity index (χ0v) is 16.5. The van der Waals surface area contributed by atoms with Crippen LogP contribution in [0.2, 0.25) is 0 Å². The molecule has 0 fully saturated rings. The molecule has 0 aliphatic heterocycles. The molecule has 0 heterocycles. The number of aryl methyl sites for hydroxylation is 2. The summed E-state index contributed by atoms with van der Waals surface area (Å²) in [7, 11) is -3.61. The zero-order chi connectivity index (χ0) is 19.3. The van der Waals surface area contributed by atoms with E-state index in [1.807, 2.05) is 51.1 Å². The Morgan fingerprint density at radius 3 is 2.38 bits per heavy atom. The van der Waals surface area contributed by atoms with Gasteiger partial charge in [0, 0.05) is 6.54 Å². The van der Waals surface area contributed by atoms with Crippen LogP contribution in [0.4, 0.5) is 5.69 Å². The van der Waals surface area contributed by atoms with E-state index in [1.54, 1.807) is 18.2 Å². The molecule has 0 aliphatic carbocycles. The van der Waals surface area contributed by atoms with Crippen LogP contribution in [0.3, 0.4) is 0 Å². The molecule has 6 heteroatoms. The van der Waals surface area contributed by atoms with Crippen LogP contribution in [0.1, 0.15) is 30.0 Å². The third-order valence-corrected chi connectivity index (χ3v) is 5.48. The number of sulfonamides is 1. The zero-order valence-electron chi connectivity index (χ0n) is 15.7. The van der Waals surface area contributed by atoms with Gasteiger partial charge in [-0.25, -0.2) is 8.42 Å². The van der Waals surface area contributed by atoms with Gasteiger partial charge >= 0.3 is 0 Å². The van der Waals surface area contributed by atoms with Gasteiger partial charge in [0.2, 0.25) is 15.9 Å². The van der Waals surface area contributed by atoms with E-state index in [4.69, 9.17) is 0 Å². The molecule has 0 aromatic heterocycles. The van der Waals surface area contributed by atoms with Crippen LogP contribution in [-0.4, -0.2) is 26.6 Å². The van der Waals surface area contributed by atoms with Crippen LogP contribution in [0.5, 0.6) is 0 Å². The predicted molar refractivity (Wildman–Crippen MR) is 106 cm³/mol. The Morgan fingerprint density at radius 1 is 1.12 bits per heavy atom. The van der Waals surface area contributed by atoms with Crippen molar-refractivity contribution in [3.05, 3.63) is 65.2 Å². The molecule has 26 heavy (non-hydrogen) atoms. The summed E-state index contributed by atoms with van der Waals surface area (Å²) in [5.74, 6) is -0.303. The van der Waals surface area contributed by atoms with Crippen molar-refractivity contribution in [3.63, 3.8) is 0 Å². The lowest BCUT2D eigenvalue weighted by Gasteiger charge is -2.30. The van der Waals surface area contributed by atoms with Gasteiger partial charge in [-0.05, 0) is 49.1 Å². The highest BCUT2D eigenvalue weighted by Crippen LogP contribution is 2.23. The molecule has 1 amide bonds. The summed E-state index contributed by atoms with van der Waals surface area (Å²) < 4.78 is 26.1. The summed E-state index contributed by atoms with van der Waals surface area (Å²) >= 11 is 0. The standard InChI is InChI=1S/C20H26N2O3S/c1-5-19(20(23)21-14-17-11-7-6-10-16(17)3)22(26(4,24)25)18-12-8-9-15(2)13-18/h6-13,19H,5,14H2,1-4H3,(H,21,23)/t19-/m0/s1. The Kier molecular flexibility index (Phi) is 6.42. The Bertz CT molecular complexity index is 878. The van der Waals surface area contributed by atoms with E-state index >= 15 is 0 Å². The number of nitrogens with one attached hydrogen (secondary N) is 1. The molecule has 0 bridgehead atoms. The molecular weight excluding hydrogens is 348 g/mol. The highest BCUT2D eigenvalue weighted by atomic mass is 32.2. The molecule has 140 valence electrons. The minimum Gasteiger partial charge on any atom is -0.350 e. The highest BCUT2D eigenvalue weighted by molar-refractivity contribution is 7.92. The van der Waals surface area contributed by atoms with Gasteiger partial charge in [-0.1, -0.05) is 43.3 Å². The van der Waals surface area contributed by atoms with Gasteiger partial charge in [0.05, 0.1) is 11.9 Å². The Hall–Kier alpha value is -2.34. The van der Waals surface area contributed by atoms with E-state index in [9.17, 15) is 13.2 Å². The molecule has 5 nitrogen and oxygen atoms in total. The molecule has 0 radical (unpaired) electrons. The summed E-state index contributed by atoms with van der Waals surface area (Å²) in [5, 5.41) is 2.88. The van der Waals surface area contributed by atoms with Crippen molar-refractivity contribution in [2.24, 2.45) is 0 Å². The van der Waals surface area contributed by atoms with Crippen molar-refractivity contribution in [1.29, 1.82) is 0 Å². The van der Waals surface area contributed by atoms with Gasteiger partial charge in [-0.2, -0.15) is 0 Å². The number of nitrogens with zero attached hydrogens (tertiary/aromatic N) is 1. The van der Waals surface area contributed by atoms with E-state index < -0.39 is 16.1 Å². The van der Waals surface area contributed by atoms with E-state index in [-0.39, 0.29) is 5.91 Å². The normalized spacial score (nSPS) is 12.5. The fourth-order valence-electron chi connectivity index (χ4n) is 2.93. The molecule has 0 unspecified atom stereocenters. The topological polar surface area (TPSA) is 66.5 Å². The number of anilines is 1. The molecule has 1 atom stereocenters. The number of amides is 1. The van der Waals surface area contributed by atoms with Crippen molar-refractivity contribution in [2.45, 2.75) is 39.8 Å². The molecule has 2 aromatic carbocycles. The highest BCUT2D eigenvalue weighted by Gasteiger charge is 2.31. The van der Waals surface area contributed by atoms with Gasteiger partial charge in [0.1, 0.15) is 6.04 Å². The monoisotopic (exact) mass is 374 g/mol. The van der Waals surface area contributed by atoms with Gasteiger partial charge < -0.3 is 5.32 Å². The summed E-state index contributed by atoms with van der Waals surface area (Å²) in [6, 6.07) is 14.2. The smallest absolute Gasteiger partial charge is 0.244 e. The van der Waals surface area contributed by atoms with Gasteiger partial charge in [0.25, 0.3) is 0 Å². The van der Waals surface area contributed by atoms with Crippen LogP contribution < -0.4 is 9.62 Å². The second-order valence-corrected chi connectivity index (χ2v) is 8.33. The van der Waals surface area contributed by atoms with Gasteiger partial charge in [-0.3, -0.25) is 9.10 Å². The molecule has 2 aromatic rings. The first kappa shape index (κ1) is 20.0. The average Bonchev–Trinajstić information content (AvgIpc) is 2.57. The molecule has 2 rings (SSSR count). The van der Waals surface area contributed by atoms with E-state index in [1.165, 1.54) is 4.31 Å². The van der Waals surface area contributed by atoms with Crippen molar-refractivity contribution in [2.75, 3.05) is 10.6 Å². The van der Waals surface area contributed by atoms with Crippen LogP contribution in [0, 0.1) is 13.8 Å². The minimum absolute atomic E-state index is 0.303. The number of hydrogen-bond donors (Lipinski definition) is 1. The minimum atomic E-state index is -3.61. The maximum absolute atomic E-state index is 12.8. The van der Waals surface area contributed by atoms with Crippen LogP contribution in [0.25, 0.3) is 0 Å². The number of benzene rings is 2. The first-order valence-corrected chi connectivity index (χ1v) is 10.5.